The zero-order chi connectivity index (χ0) is 24.9. The molecule has 0 radical (unpaired) electrons. The van der Waals surface area contributed by atoms with Gasteiger partial charge in [0.25, 0.3) is 0 Å². The van der Waals surface area contributed by atoms with Gasteiger partial charge in [0.15, 0.2) is 0 Å². The number of halogens is 3. The topological polar surface area (TPSA) is 77.5 Å². The molecule has 2 aromatic rings. The monoisotopic (exact) mass is 474 g/mol. The van der Waals surface area contributed by atoms with Crippen LogP contribution in [0.1, 0.15) is 49.4 Å². The third-order valence-electron chi connectivity index (χ3n) is 5.52. The molecule has 1 aliphatic heterocycles. The van der Waals surface area contributed by atoms with Crippen LogP contribution in [0.5, 0.6) is 0 Å². The number of methoxy groups -OCH3 is 1. The molecular weight excluding hydrogens is 449 g/mol. The van der Waals surface area contributed by atoms with Crippen LogP contribution in [0.4, 0.5) is 13.2 Å². The van der Waals surface area contributed by atoms with E-state index in [0.717, 1.165) is 13.2 Å². The van der Waals surface area contributed by atoms with Gasteiger partial charge in [-0.2, -0.15) is 13.2 Å². The highest BCUT2D eigenvalue weighted by Gasteiger charge is 2.43. The molecule has 3 rings (SSSR count). The number of hydrogen-bond acceptors (Lipinski definition) is 6. The lowest BCUT2D eigenvalue weighted by molar-refractivity contribution is -0.142. The lowest BCUT2D eigenvalue weighted by Crippen LogP contribution is -2.34. The molecule has 0 aliphatic carbocycles. The average molecular weight is 474 g/mol. The summed E-state index contributed by atoms with van der Waals surface area (Å²) in [4.78, 5) is 30.3. The van der Waals surface area contributed by atoms with Crippen LogP contribution >= 0.6 is 0 Å². The highest BCUT2D eigenvalue weighted by atomic mass is 19.4. The van der Waals surface area contributed by atoms with Crippen LogP contribution in [0.25, 0.3) is 0 Å². The minimum atomic E-state index is -4.70. The molecule has 180 valence electrons. The van der Waals surface area contributed by atoms with Crippen LogP contribution < -0.4 is 5.32 Å². The third kappa shape index (κ3) is 5.13. The maximum Gasteiger partial charge on any atom is 0.416 e. The molecule has 9 heteroatoms. The molecule has 1 unspecified atom stereocenters. The molecular formula is C25H25F3N2O4. The molecule has 0 amide bonds. The van der Waals surface area contributed by atoms with E-state index in [4.69, 9.17) is 9.47 Å². The van der Waals surface area contributed by atoms with Crippen molar-refractivity contribution in [2.75, 3.05) is 7.11 Å². The van der Waals surface area contributed by atoms with Crippen molar-refractivity contribution >= 4 is 11.9 Å². The largest absolute Gasteiger partial charge is 0.466 e. The molecule has 0 fully saturated rings. The lowest BCUT2D eigenvalue weighted by atomic mass is 9.77. The number of carbonyl (C=O) groups excluding carboxylic acids is 2. The van der Waals surface area contributed by atoms with Crippen molar-refractivity contribution in [2.24, 2.45) is 0 Å². The number of carbonyl (C=O) groups is 2. The van der Waals surface area contributed by atoms with E-state index >= 15 is 0 Å². The Hall–Kier alpha value is -3.62. The first-order valence-corrected chi connectivity index (χ1v) is 10.8. The fraction of sp³-hybridized carbons (Fsp3) is 0.320. The summed E-state index contributed by atoms with van der Waals surface area (Å²) >= 11 is 0. The summed E-state index contributed by atoms with van der Waals surface area (Å²) in [5.74, 6) is -2.99. The Balaban J connectivity index is 2.19. The van der Waals surface area contributed by atoms with Crippen molar-refractivity contribution in [3.8, 4) is 0 Å². The Morgan fingerprint density at radius 2 is 1.59 bits per heavy atom. The van der Waals surface area contributed by atoms with Gasteiger partial charge in [-0.15, -0.1) is 0 Å². The zero-order valence-corrected chi connectivity index (χ0v) is 19.0. The fourth-order valence-electron chi connectivity index (χ4n) is 3.98. The van der Waals surface area contributed by atoms with E-state index in [0.29, 0.717) is 29.9 Å². The highest BCUT2D eigenvalue weighted by molar-refractivity contribution is 6.00. The lowest BCUT2D eigenvalue weighted by Gasteiger charge is -2.33. The van der Waals surface area contributed by atoms with Crippen molar-refractivity contribution in [3.05, 3.63) is 88.0 Å². The second kappa shape index (κ2) is 10.5. The third-order valence-corrected chi connectivity index (χ3v) is 5.52. The van der Waals surface area contributed by atoms with E-state index in [1.807, 2.05) is 0 Å². The van der Waals surface area contributed by atoms with Gasteiger partial charge in [-0.1, -0.05) is 38.1 Å². The van der Waals surface area contributed by atoms with Gasteiger partial charge in [-0.3, -0.25) is 4.98 Å². The second-order valence-electron chi connectivity index (χ2n) is 7.52. The standard InChI is InChI=1S/C25H25F3N2O4/c1-4-18-21(23(31)33-3)20(16-11-6-7-12-17(16)25(26,27)28)22(19(5-2)30-18)24(32)34-14-15-10-8-9-13-29-15/h6-13,20,30H,4-5,14H2,1-3H3. The number of dihydropyridines is 1. The predicted molar refractivity (Wildman–Crippen MR) is 118 cm³/mol. The Morgan fingerprint density at radius 1 is 0.971 bits per heavy atom. The quantitative estimate of drug-likeness (QED) is 0.567. The molecule has 6 nitrogen and oxygen atoms in total. The maximum atomic E-state index is 14.0. The summed E-state index contributed by atoms with van der Waals surface area (Å²) in [5.41, 5.74) is -0.0211. The molecule has 0 saturated heterocycles. The number of hydrogen-bond donors (Lipinski definition) is 1. The number of nitrogens with one attached hydrogen (secondary N) is 1. The summed E-state index contributed by atoms with van der Waals surface area (Å²) in [5, 5.41) is 3.07. The Kier molecular flexibility index (Phi) is 7.75. The zero-order valence-electron chi connectivity index (χ0n) is 19.0. The molecule has 0 spiro atoms. The normalized spacial score (nSPS) is 16.2. The van der Waals surface area contributed by atoms with Crippen LogP contribution in [0.15, 0.2) is 71.2 Å². The fourth-order valence-corrected chi connectivity index (χ4v) is 3.98. The number of rotatable bonds is 7. The molecule has 1 aromatic carbocycles. The van der Waals surface area contributed by atoms with Crippen LogP contribution in [-0.2, 0) is 31.8 Å². The smallest absolute Gasteiger partial charge is 0.416 e. The summed E-state index contributed by atoms with van der Waals surface area (Å²) in [6, 6.07) is 10.00. The van der Waals surface area contributed by atoms with E-state index in [9.17, 15) is 22.8 Å². The van der Waals surface area contributed by atoms with Crippen LogP contribution in [0, 0.1) is 0 Å². The number of ether oxygens (including phenoxy) is 2. The Morgan fingerprint density at radius 3 is 2.15 bits per heavy atom. The van der Waals surface area contributed by atoms with E-state index in [1.165, 1.54) is 24.4 Å². The van der Waals surface area contributed by atoms with Gasteiger partial charge in [0, 0.05) is 17.6 Å². The first-order valence-electron chi connectivity index (χ1n) is 10.8. The van der Waals surface area contributed by atoms with E-state index < -0.39 is 29.6 Å². The van der Waals surface area contributed by atoms with Crippen LogP contribution in [-0.4, -0.2) is 24.0 Å². The van der Waals surface area contributed by atoms with Gasteiger partial charge < -0.3 is 14.8 Å². The average Bonchev–Trinajstić information content (AvgIpc) is 2.85. The Labute approximate surface area is 195 Å². The first kappa shape index (κ1) is 25.0. The minimum absolute atomic E-state index is 0.0521. The van der Waals surface area contributed by atoms with E-state index in [1.54, 1.807) is 32.0 Å². The molecule has 0 saturated carbocycles. The van der Waals surface area contributed by atoms with E-state index in [-0.39, 0.29) is 23.3 Å². The Bertz CT molecular complexity index is 1120. The van der Waals surface area contributed by atoms with Crippen molar-refractivity contribution in [1.29, 1.82) is 0 Å². The van der Waals surface area contributed by atoms with Crippen molar-refractivity contribution in [1.82, 2.24) is 10.3 Å². The van der Waals surface area contributed by atoms with E-state index in [2.05, 4.69) is 10.3 Å². The van der Waals surface area contributed by atoms with Gasteiger partial charge >= 0.3 is 18.1 Å². The van der Waals surface area contributed by atoms with Gasteiger partial charge in [-0.25, -0.2) is 9.59 Å². The van der Waals surface area contributed by atoms with Gasteiger partial charge in [0.1, 0.15) is 6.61 Å². The van der Waals surface area contributed by atoms with Crippen LogP contribution in [0.3, 0.4) is 0 Å². The molecule has 0 bridgehead atoms. The summed E-state index contributed by atoms with van der Waals surface area (Å²) in [7, 11) is 1.15. The van der Waals surface area contributed by atoms with Crippen LogP contribution in [0.2, 0.25) is 0 Å². The van der Waals surface area contributed by atoms with Gasteiger partial charge in [0.05, 0.1) is 35.4 Å². The summed E-state index contributed by atoms with van der Waals surface area (Å²) in [6.45, 7) is 3.35. The molecule has 2 heterocycles. The number of nitrogens with zero attached hydrogens (tertiary/aromatic N) is 1. The number of esters is 2. The predicted octanol–water partition coefficient (Wildman–Crippen LogP) is 5.03. The number of benzene rings is 1. The highest BCUT2D eigenvalue weighted by Crippen LogP contribution is 2.45. The second-order valence-corrected chi connectivity index (χ2v) is 7.52. The van der Waals surface area contributed by atoms with Gasteiger partial charge in [-0.05, 0) is 36.6 Å². The van der Waals surface area contributed by atoms with Crippen molar-refractivity contribution in [3.63, 3.8) is 0 Å². The molecule has 1 aromatic heterocycles. The molecule has 1 aliphatic rings. The minimum Gasteiger partial charge on any atom is -0.466 e. The number of allylic oxidation sites excluding steroid dienone is 2. The number of aromatic nitrogens is 1. The summed E-state index contributed by atoms with van der Waals surface area (Å²) < 4.78 is 52.3. The first-order chi connectivity index (χ1) is 16.2. The van der Waals surface area contributed by atoms with Gasteiger partial charge in [0.2, 0.25) is 0 Å². The number of pyridine rings is 1. The molecule has 1 N–H and O–H groups in total. The molecule has 1 atom stereocenters. The van der Waals surface area contributed by atoms with Crippen molar-refractivity contribution < 1.29 is 32.2 Å². The summed E-state index contributed by atoms with van der Waals surface area (Å²) in [6.07, 6.45) is -2.55. The van der Waals surface area contributed by atoms with Crippen molar-refractivity contribution in [2.45, 2.75) is 45.4 Å². The molecule has 34 heavy (non-hydrogen) atoms. The SMILES string of the molecule is CCC1=C(C(=O)OC)C(c2ccccc2C(F)(F)F)C(C(=O)OCc2ccccn2)=C(CC)N1. The maximum absolute atomic E-state index is 14.0. The number of alkyl halides is 3.